The molecule has 0 radical (unpaired) electrons. The van der Waals surface area contributed by atoms with Crippen molar-refractivity contribution in [2.45, 2.75) is 13.8 Å². The molecular weight excluding hydrogens is 186 g/mol. The summed E-state index contributed by atoms with van der Waals surface area (Å²) in [4.78, 5) is 10.0. The van der Waals surface area contributed by atoms with Gasteiger partial charge in [0.15, 0.2) is 0 Å². The molecule has 0 heterocycles. The summed E-state index contributed by atoms with van der Waals surface area (Å²) in [6, 6.07) is 0. The van der Waals surface area contributed by atoms with E-state index in [4.69, 9.17) is 14.6 Å². The van der Waals surface area contributed by atoms with E-state index in [-0.39, 0.29) is 6.54 Å². The van der Waals surface area contributed by atoms with Crippen LogP contribution in [0.15, 0.2) is 0 Å². The molecule has 0 fully saturated rings. The zero-order valence-corrected chi connectivity index (χ0v) is 9.21. The molecule has 0 aliphatic carbocycles. The van der Waals surface area contributed by atoms with Crippen molar-refractivity contribution < 1.29 is 19.4 Å². The van der Waals surface area contributed by atoms with Gasteiger partial charge >= 0.3 is 5.97 Å². The summed E-state index contributed by atoms with van der Waals surface area (Å²) in [5.74, 6) is -0.855. The summed E-state index contributed by atoms with van der Waals surface area (Å²) in [6.07, 6.45) is 0. The van der Waals surface area contributed by atoms with Crippen LogP contribution in [0.5, 0.6) is 0 Å². The van der Waals surface area contributed by atoms with E-state index < -0.39 is 5.97 Å². The van der Waals surface area contributed by atoms with Crippen molar-refractivity contribution in [3.05, 3.63) is 0 Å². The maximum Gasteiger partial charge on any atom is 0.317 e. The van der Waals surface area contributed by atoms with Gasteiger partial charge in [0.2, 0.25) is 0 Å². The number of hydrogen-bond donors (Lipinski definition) is 2. The zero-order valence-electron chi connectivity index (χ0n) is 9.21. The molecule has 0 aliphatic rings. The molecule has 0 saturated carbocycles. The fourth-order valence-electron chi connectivity index (χ4n) is 0.584. The SMILES string of the molecule is CC.COCCOCCNCC(=O)O. The Labute approximate surface area is 85.4 Å². The minimum Gasteiger partial charge on any atom is -0.480 e. The number of carbonyl (C=O) groups is 1. The molecule has 86 valence electrons. The van der Waals surface area contributed by atoms with Gasteiger partial charge in [-0.1, -0.05) is 13.8 Å². The van der Waals surface area contributed by atoms with Crippen LogP contribution in [0.1, 0.15) is 13.8 Å². The van der Waals surface area contributed by atoms with Crippen LogP contribution in [0.4, 0.5) is 0 Å². The normalized spacial score (nSPS) is 9.07. The van der Waals surface area contributed by atoms with Gasteiger partial charge in [0.25, 0.3) is 0 Å². The number of rotatable bonds is 8. The van der Waals surface area contributed by atoms with Crippen molar-refractivity contribution in [1.29, 1.82) is 0 Å². The Kier molecular flexibility index (Phi) is 16.8. The highest BCUT2D eigenvalue weighted by Gasteiger charge is 1.93. The van der Waals surface area contributed by atoms with Crippen molar-refractivity contribution in [2.75, 3.05) is 40.0 Å². The quantitative estimate of drug-likeness (QED) is 0.562. The maximum atomic E-state index is 10.0. The van der Waals surface area contributed by atoms with Gasteiger partial charge in [-0.25, -0.2) is 0 Å². The summed E-state index contributed by atoms with van der Waals surface area (Å²) in [6.45, 7) is 6.16. The van der Waals surface area contributed by atoms with E-state index in [2.05, 4.69) is 5.32 Å². The first kappa shape index (κ1) is 15.8. The van der Waals surface area contributed by atoms with Crippen molar-refractivity contribution in [1.82, 2.24) is 5.32 Å². The first-order valence-electron chi connectivity index (χ1n) is 4.76. The number of ether oxygens (including phenoxy) is 2. The number of carboxylic acids is 1. The van der Waals surface area contributed by atoms with Crippen molar-refractivity contribution >= 4 is 5.97 Å². The molecule has 0 spiro atoms. The molecule has 0 aromatic heterocycles. The third-order valence-corrected chi connectivity index (χ3v) is 1.13. The second-order valence-corrected chi connectivity index (χ2v) is 2.18. The minimum absolute atomic E-state index is 0.0202. The topological polar surface area (TPSA) is 67.8 Å². The Morgan fingerprint density at radius 1 is 1.29 bits per heavy atom. The Morgan fingerprint density at radius 3 is 2.43 bits per heavy atom. The highest BCUT2D eigenvalue weighted by atomic mass is 16.5. The first-order chi connectivity index (χ1) is 6.77. The van der Waals surface area contributed by atoms with E-state index in [9.17, 15) is 4.79 Å². The highest BCUT2D eigenvalue weighted by Crippen LogP contribution is 1.74. The summed E-state index contributed by atoms with van der Waals surface area (Å²) >= 11 is 0. The molecule has 0 atom stereocenters. The summed E-state index contributed by atoms with van der Waals surface area (Å²) in [5.41, 5.74) is 0. The highest BCUT2D eigenvalue weighted by molar-refractivity contribution is 5.68. The second-order valence-electron chi connectivity index (χ2n) is 2.18. The average molecular weight is 207 g/mol. The van der Waals surface area contributed by atoms with Gasteiger partial charge in [0, 0.05) is 13.7 Å². The molecule has 0 saturated heterocycles. The fraction of sp³-hybridized carbons (Fsp3) is 0.889. The zero-order chi connectivity index (χ0) is 11.2. The summed E-state index contributed by atoms with van der Waals surface area (Å²) < 4.78 is 9.82. The Hall–Kier alpha value is -0.650. The lowest BCUT2D eigenvalue weighted by Crippen LogP contribution is -2.26. The molecule has 0 aromatic rings. The molecule has 14 heavy (non-hydrogen) atoms. The van der Waals surface area contributed by atoms with Gasteiger partial charge in [-0.3, -0.25) is 4.79 Å². The first-order valence-corrected chi connectivity index (χ1v) is 4.76. The lowest BCUT2D eigenvalue weighted by Gasteiger charge is -2.03. The Morgan fingerprint density at radius 2 is 1.93 bits per heavy atom. The van der Waals surface area contributed by atoms with Crippen molar-refractivity contribution in [3.63, 3.8) is 0 Å². The van der Waals surface area contributed by atoms with Crippen LogP contribution < -0.4 is 5.32 Å². The maximum absolute atomic E-state index is 10.0. The van der Waals surface area contributed by atoms with Gasteiger partial charge in [-0.15, -0.1) is 0 Å². The van der Waals surface area contributed by atoms with Gasteiger partial charge in [-0.2, -0.15) is 0 Å². The number of hydrogen-bond acceptors (Lipinski definition) is 4. The molecular formula is C9H21NO4. The van der Waals surface area contributed by atoms with Crippen molar-refractivity contribution in [3.8, 4) is 0 Å². The molecule has 0 aliphatic heterocycles. The number of methoxy groups -OCH3 is 1. The van der Waals surface area contributed by atoms with Crippen LogP contribution in [0.3, 0.4) is 0 Å². The lowest BCUT2D eigenvalue weighted by atomic mass is 10.6. The van der Waals surface area contributed by atoms with E-state index >= 15 is 0 Å². The minimum atomic E-state index is -0.855. The van der Waals surface area contributed by atoms with Crippen LogP contribution in [-0.4, -0.2) is 51.1 Å². The van der Waals surface area contributed by atoms with Gasteiger partial charge < -0.3 is 19.9 Å². The number of carboxylic acid groups (broad SMARTS) is 1. The summed E-state index contributed by atoms with van der Waals surface area (Å²) in [7, 11) is 1.60. The van der Waals surface area contributed by atoms with Gasteiger partial charge in [0.05, 0.1) is 26.4 Å². The van der Waals surface area contributed by atoms with E-state index in [1.165, 1.54) is 0 Å². The standard InChI is InChI=1S/C7H15NO4.C2H6/c1-11-4-5-12-3-2-8-6-7(9)10;1-2/h8H,2-6H2,1H3,(H,9,10);1-2H3. The fourth-order valence-corrected chi connectivity index (χ4v) is 0.584. The lowest BCUT2D eigenvalue weighted by molar-refractivity contribution is -0.136. The monoisotopic (exact) mass is 207 g/mol. The predicted octanol–water partition coefficient (Wildman–Crippen LogP) is 0.350. The molecule has 2 N–H and O–H groups in total. The molecule has 0 amide bonds. The van der Waals surface area contributed by atoms with Gasteiger partial charge in [-0.05, 0) is 0 Å². The van der Waals surface area contributed by atoms with Crippen LogP contribution in [-0.2, 0) is 14.3 Å². The molecule has 5 nitrogen and oxygen atoms in total. The molecule has 0 bridgehead atoms. The van der Waals surface area contributed by atoms with Gasteiger partial charge in [0.1, 0.15) is 0 Å². The van der Waals surface area contributed by atoms with E-state index in [1.54, 1.807) is 7.11 Å². The molecule has 0 aromatic carbocycles. The predicted molar refractivity (Wildman–Crippen MR) is 54.5 cm³/mol. The van der Waals surface area contributed by atoms with E-state index in [0.717, 1.165) is 0 Å². The van der Waals surface area contributed by atoms with Crippen LogP contribution in [0.25, 0.3) is 0 Å². The third kappa shape index (κ3) is 17.4. The van der Waals surface area contributed by atoms with Crippen LogP contribution in [0.2, 0.25) is 0 Å². The smallest absolute Gasteiger partial charge is 0.317 e. The largest absolute Gasteiger partial charge is 0.480 e. The number of aliphatic carboxylic acids is 1. The average Bonchev–Trinajstić information content (AvgIpc) is 2.19. The van der Waals surface area contributed by atoms with E-state index in [1.807, 2.05) is 13.8 Å². The Bertz CT molecular complexity index is 119. The van der Waals surface area contributed by atoms with Crippen LogP contribution in [0, 0.1) is 0 Å². The molecule has 5 heteroatoms. The molecule has 0 rings (SSSR count). The van der Waals surface area contributed by atoms with Crippen LogP contribution >= 0.6 is 0 Å². The van der Waals surface area contributed by atoms with Crippen molar-refractivity contribution in [2.24, 2.45) is 0 Å². The second kappa shape index (κ2) is 14.9. The Balaban J connectivity index is 0. The summed E-state index contributed by atoms with van der Waals surface area (Å²) in [5, 5.41) is 10.9. The molecule has 0 unspecified atom stereocenters. The third-order valence-electron chi connectivity index (χ3n) is 1.13. The number of nitrogens with one attached hydrogen (secondary N) is 1. The van der Waals surface area contributed by atoms with E-state index in [0.29, 0.717) is 26.4 Å².